The summed E-state index contributed by atoms with van der Waals surface area (Å²) in [6, 6.07) is 28.2. The van der Waals surface area contributed by atoms with Crippen LogP contribution in [-0.2, 0) is 6.42 Å². The smallest absolute Gasteiger partial charge is 0.0184 e. The Balaban J connectivity index is 1.66. The minimum Gasteiger partial charge on any atom is -0.0622 e. The first-order chi connectivity index (χ1) is 10.9. The van der Waals surface area contributed by atoms with Crippen molar-refractivity contribution in [2.24, 2.45) is 0 Å². The van der Waals surface area contributed by atoms with Gasteiger partial charge in [-0.25, -0.2) is 0 Å². The molecule has 106 valence electrons. The third kappa shape index (κ3) is 2.48. The van der Waals surface area contributed by atoms with Gasteiger partial charge >= 0.3 is 0 Å². The first kappa shape index (κ1) is 13.1. The summed E-state index contributed by atoms with van der Waals surface area (Å²) in [4.78, 5) is 0. The molecule has 0 amide bonds. The number of fused-ring (bicyclic) bond motifs is 1. The van der Waals surface area contributed by atoms with Crippen LogP contribution in [0.5, 0.6) is 0 Å². The zero-order chi connectivity index (χ0) is 14.8. The van der Waals surface area contributed by atoms with Crippen molar-refractivity contribution in [1.29, 1.82) is 0 Å². The summed E-state index contributed by atoms with van der Waals surface area (Å²) in [6.45, 7) is 0. The second-order valence-electron chi connectivity index (χ2n) is 5.81. The van der Waals surface area contributed by atoms with Gasteiger partial charge in [0.05, 0.1) is 0 Å². The molecule has 0 aliphatic heterocycles. The normalized spacial score (nSPS) is 13.4. The molecular formula is C22H18. The molecule has 0 nitrogen and oxygen atoms in total. The second kappa shape index (κ2) is 5.65. The van der Waals surface area contributed by atoms with Gasteiger partial charge in [0.1, 0.15) is 0 Å². The van der Waals surface area contributed by atoms with E-state index in [1.54, 1.807) is 0 Å². The van der Waals surface area contributed by atoms with E-state index in [9.17, 15) is 0 Å². The topological polar surface area (TPSA) is 0 Å². The largest absolute Gasteiger partial charge is 0.0622 e. The Morgan fingerprint density at radius 3 is 1.95 bits per heavy atom. The van der Waals surface area contributed by atoms with Gasteiger partial charge < -0.3 is 0 Å². The Kier molecular flexibility index (Phi) is 3.36. The summed E-state index contributed by atoms with van der Waals surface area (Å²) in [7, 11) is 0. The molecule has 0 heterocycles. The average Bonchev–Trinajstić information content (AvgIpc) is 2.62. The van der Waals surface area contributed by atoms with Gasteiger partial charge in [-0.15, -0.1) is 0 Å². The highest BCUT2D eigenvalue weighted by Crippen LogP contribution is 2.31. The molecule has 0 fully saturated rings. The predicted molar refractivity (Wildman–Crippen MR) is 94.5 cm³/mol. The van der Waals surface area contributed by atoms with Crippen LogP contribution in [0.2, 0.25) is 0 Å². The van der Waals surface area contributed by atoms with E-state index in [-0.39, 0.29) is 0 Å². The minimum atomic E-state index is 1.13. The van der Waals surface area contributed by atoms with Crippen LogP contribution < -0.4 is 0 Å². The quantitative estimate of drug-likeness (QED) is 0.554. The van der Waals surface area contributed by atoms with Gasteiger partial charge in [-0.2, -0.15) is 0 Å². The molecule has 4 rings (SSSR count). The van der Waals surface area contributed by atoms with Crippen molar-refractivity contribution in [2.75, 3.05) is 0 Å². The fraction of sp³-hybridized carbons (Fsp3) is 0.0909. The second-order valence-corrected chi connectivity index (χ2v) is 5.81. The lowest BCUT2D eigenvalue weighted by Crippen LogP contribution is -1.98. The number of aryl methyl sites for hydroxylation is 1. The van der Waals surface area contributed by atoms with E-state index in [0.717, 1.165) is 12.8 Å². The highest BCUT2D eigenvalue weighted by molar-refractivity contribution is 5.85. The van der Waals surface area contributed by atoms with E-state index in [4.69, 9.17) is 0 Å². The van der Waals surface area contributed by atoms with Crippen LogP contribution in [-0.4, -0.2) is 0 Å². The molecule has 0 spiro atoms. The fourth-order valence-corrected chi connectivity index (χ4v) is 3.17. The van der Waals surface area contributed by atoms with Crippen LogP contribution in [0.3, 0.4) is 0 Å². The fourth-order valence-electron chi connectivity index (χ4n) is 3.17. The molecule has 0 unspecified atom stereocenters. The van der Waals surface area contributed by atoms with Crippen molar-refractivity contribution in [3.8, 4) is 11.1 Å². The van der Waals surface area contributed by atoms with Gasteiger partial charge in [-0.3, -0.25) is 0 Å². The van der Waals surface area contributed by atoms with Gasteiger partial charge in [-0.05, 0) is 46.2 Å². The van der Waals surface area contributed by atoms with Crippen LogP contribution in [0.15, 0.2) is 78.9 Å². The van der Waals surface area contributed by atoms with E-state index in [1.807, 2.05) is 0 Å². The molecule has 0 atom stereocenters. The molecule has 0 saturated carbocycles. The summed E-state index contributed by atoms with van der Waals surface area (Å²) >= 11 is 0. The lowest BCUT2D eigenvalue weighted by atomic mass is 9.88. The Morgan fingerprint density at radius 2 is 1.14 bits per heavy atom. The summed E-state index contributed by atoms with van der Waals surface area (Å²) in [5.74, 6) is 0. The summed E-state index contributed by atoms with van der Waals surface area (Å²) in [5.41, 5.74) is 8.17. The van der Waals surface area contributed by atoms with E-state index < -0.39 is 0 Å². The molecule has 0 radical (unpaired) electrons. The molecule has 22 heavy (non-hydrogen) atoms. The van der Waals surface area contributed by atoms with E-state index >= 15 is 0 Å². The van der Waals surface area contributed by atoms with Crippen LogP contribution in [0, 0.1) is 0 Å². The van der Waals surface area contributed by atoms with Crippen molar-refractivity contribution in [2.45, 2.75) is 12.8 Å². The molecule has 3 aromatic carbocycles. The van der Waals surface area contributed by atoms with Crippen LogP contribution in [0.1, 0.15) is 23.1 Å². The summed E-state index contributed by atoms with van der Waals surface area (Å²) in [5, 5.41) is 0. The molecule has 1 aliphatic carbocycles. The van der Waals surface area contributed by atoms with E-state index in [2.05, 4.69) is 84.9 Å². The molecule has 1 aliphatic rings. The van der Waals surface area contributed by atoms with Gasteiger partial charge in [-0.1, -0.05) is 84.9 Å². The maximum atomic E-state index is 2.34. The molecule has 3 aromatic rings. The van der Waals surface area contributed by atoms with Gasteiger partial charge in [0, 0.05) is 0 Å². The van der Waals surface area contributed by atoms with Crippen molar-refractivity contribution < 1.29 is 0 Å². The number of hydrogen-bond donors (Lipinski definition) is 0. The van der Waals surface area contributed by atoms with Crippen molar-refractivity contribution in [3.63, 3.8) is 0 Å². The monoisotopic (exact) mass is 282 g/mol. The summed E-state index contributed by atoms with van der Waals surface area (Å²) in [6.07, 6.45) is 4.61. The average molecular weight is 282 g/mol. The third-order valence-electron chi connectivity index (χ3n) is 4.41. The standard InChI is InChI=1S/C22H18/c1-2-6-17(7-3-1)19-10-12-20(13-11-19)22-15-14-18-8-4-5-9-21(18)16-22/h1-13,16H,14-15H2. The third-order valence-corrected chi connectivity index (χ3v) is 4.41. The number of allylic oxidation sites excluding steroid dienone is 1. The maximum Gasteiger partial charge on any atom is -0.0184 e. The highest BCUT2D eigenvalue weighted by atomic mass is 14.2. The zero-order valence-electron chi connectivity index (χ0n) is 12.5. The minimum absolute atomic E-state index is 1.13. The van der Waals surface area contributed by atoms with Gasteiger partial charge in [0.2, 0.25) is 0 Å². The lowest BCUT2D eigenvalue weighted by molar-refractivity contribution is 1.00. The molecular weight excluding hydrogens is 264 g/mol. The zero-order valence-corrected chi connectivity index (χ0v) is 12.5. The number of hydrogen-bond acceptors (Lipinski definition) is 0. The molecule has 0 N–H and O–H groups in total. The molecule has 0 heteroatoms. The first-order valence-electron chi connectivity index (χ1n) is 7.84. The van der Waals surface area contributed by atoms with E-state index in [1.165, 1.54) is 33.4 Å². The lowest BCUT2D eigenvalue weighted by Gasteiger charge is -2.17. The van der Waals surface area contributed by atoms with Crippen LogP contribution in [0.4, 0.5) is 0 Å². The van der Waals surface area contributed by atoms with Crippen molar-refractivity contribution >= 4 is 11.6 Å². The molecule has 0 bridgehead atoms. The Labute approximate surface area is 131 Å². The molecule has 0 aromatic heterocycles. The Morgan fingerprint density at radius 1 is 0.500 bits per heavy atom. The van der Waals surface area contributed by atoms with E-state index in [0.29, 0.717) is 0 Å². The number of benzene rings is 3. The SMILES string of the molecule is C1=C(c2ccc(-c3ccccc3)cc2)CCc2ccccc21. The summed E-state index contributed by atoms with van der Waals surface area (Å²) < 4.78 is 0. The molecule has 0 saturated heterocycles. The van der Waals surface area contributed by atoms with Gasteiger partial charge in [0.25, 0.3) is 0 Å². The highest BCUT2D eigenvalue weighted by Gasteiger charge is 2.11. The van der Waals surface area contributed by atoms with Crippen LogP contribution in [0.25, 0.3) is 22.8 Å². The first-order valence-corrected chi connectivity index (χ1v) is 7.84. The van der Waals surface area contributed by atoms with Crippen molar-refractivity contribution in [1.82, 2.24) is 0 Å². The van der Waals surface area contributed by atoms with Crippen LogP contribution >= 0.6 is 0 Å². The number of rotatable bonds is 2. The predicted octanol–water partition coefficient (Wildman–Crippen LogP) is 5.84. The van der Waals surface area contributed by atoms with Crippen molar-refractivity contribution in [3.05, 3.63) is 95.6 Å². The maximum absolute atomic E-state index is 2.34. The van der Waals surface area contributed by atoms with Gasteiger partial charge in [0.15, 0.2) is 0 Å². The Hall–Kier alpha value is -2.60. The Bertz CT molecular complexity index is 808.